The Morgan fingerprint density at radius 3 is 2.35 bits per heavy atom. The standard InChI is InChI=1S/C14H22N4O2/c1-14(2,3)20-13(19)17-16-12(18(5)15-4)11-9-7-6-8-10-11/h6-10,15H,1-5H3,(H,17,19)/b16-12-. The second-order valence-electron chi connectivity index (χ2n) is 5.20. The lowest BCUT2D eigenvalue weighted by atomic mass is 10.2. The predicted molar refractivity (Wildman–Crippen MR) is 79.2 cm³/mol. The van der Waals surface area contributed by atoms with Gasteiger partial charge < -0.3 is 4.74 Å². The number of hydrogen-bond donors (Lipinski definition) is 2. The van der Waals surface area contributed by atoms with Gasteiger partial charge in [0.1, 0.15) is 5.60 Å². The number of hydrazine groups is 1. The van der Waals surface area contributed by atoms with E-state index in [-0.39, 0.29) is 0 Å². The van der Waals surface area contributed by atoms with Crippen LogP contribution in [-0.2, 0) is 4.74 Å². The molecule has 0 unspecified atom stereocenters. The van der Waals surface area contributed by atoms with Crippen molar-refractivity contribution in [3.05, 3.63) is 35.9 Å². The zero-order chi connectivity index (χ0) is 15.2. The summed E-state index contributed by atoms with van der Waals surface area (Å²) in [6.45, 7) is 5.40. The van der Waals surface area contributed by atoms with Gasteiger partial charge >= 0.3 is 6.09 Å². The summed E-state index contributed by atoms with van der Waals surface area (Å²) < 4.78 is 5.14. The van der Waals surface area contributed by atoms with Crippen LogP contribution in [0.2, 0.25) is 0 Å². The maximum absolute atomic E-state index is 11.6. The average Bonchev–Trinajstić information content (AvgIpc) is 2.37. The first-order valence-corrected chi connectivity index (χ1v) is 6.36. The minimum atomic E-state index is -0.588. The van der Waals surface area contributed by atoms with Gasteiger partial charge in [0.15, 0.2) is 5.84 Å². The maximum atomic E-state index is 11.6. The van der Waals surface area contributed by atoms with Gasteiger partial charge in [-0.05, 0) is 20.8 Å². The van der Waals surface area contributed by atoms with Crippen LogP contribution in [0.3, 0.4) is 0 Å². The molecule has 1 rings (SSSR count). The Morgan fingerprint density at radius 2 is 1.85 bits per heavy atom. The topological polar surface area (TPSA) is 66.0 Å². The third-order valence-electron chi connectivity index (χ3n) is 2.34. The first kappa shape index (κ1) is 16.0. The Balaban J connectivity index is 2.85. The summed E-state index contributed by atoms with van der Waals surface area (Å²) in [5.41, 5.74) is 5.67. The van der Waals surface area contributed by atoms with Crippen LogP contribution in [0.5, 0.6) is 0 Å². The summed E-state index contributed by atoms with van der Waals surface area (Å²) >= 11 is 0. The van der Waals surface area contributed by atoms with E-state index < -0.39 is 11.7 Å². The molecular weight excluding hydrogens is 256 g/mol. The molecule has 0 aliphatic rings. The molecule has 110 valence electrons. The van der Waals surface area contributed by atoms with E-state index in [0.29, 0.717) is 5.84 Å². The Bertz CT molecular complexity index is 466. The molecule has 1 amide bonds. The van der Waals surface area contributed by atoms with E-state index in [2.05, 4.69) is 16.0 Å². The van der Waals surface area contributed by atoms with E-state index >= 15 is 0 Å². The fourth-order valence-electron chi connectivity index (χ4n) is 1.43. The van der Waals surface area contributed by atoms with E-state index in [9.17, 15) is 4.79 Å². The molecule has 0 aromatic heterocycles. The molecule has 0 atom stereocenters. The molecule has 0 aliphatic carbocycles. The Labute approximate surface area is 119 Å². The third kappa shape index (κ3) is 5.27. The van der Waals surface area contributed by atoms with Gasteiger partial charge in [0, 0.05) is 19.7 Å². The van der Waals surface area contributed by atoms with Gasteiger partial charge in [0.2, 0.25) is 0 Å². The van der Waals surface area contributed by atoms with E-state index in [1.807, 2.05) is 37.4 Å². The quantitative estimate of drug-likeness (QED) is 0.504. The van der Waals surface area contributed by atoms with Crippen LogP contribution in [-0.4, -0.2) is 36.6 Å². The number of nitrogens with zero attached hydrogens (tertiary/aromatic N) is 2. The minimum Gasteiger partial charge on any atom is -0.443 e. The summed E-state index contributed by atoms with van der Waals surface area (Å²) in [5.74, 6) is 0.582. The van der Waals surface area contributed by atoms with Gasteiger partial charge in [-0.15, -0.1) is 0 Å². The number of hydrogen-bond acceptors (Lipinski definition) is 4. The zero-order valence-corrected chi connectivity index (χ0v) is 12.6. The Hall–Kier alpha value is -2.08. The largest absolute Gasteiger partial charge is 0.443 e. The van der Waals surface area contributed by atoms with Gasteiger partial charge in [-0.1, -0.05) is 30.3 Å². The lowest BCUT2D eigenvalue weighted by Gasteiger charge is -2.21. The van der Waals surface area contributed by atoms with Crippen LogP contribution in [0.1, 0.15) is 26.3 Å². The van der Waals surface area contributed by atoms with Gasteiger partial charge in [-0.2, -0.15) is 5.10 Å². The second-order valence-corrected chi connectivity index (χ2v) is 5.20. The fourth-order valence-corrected chi connectivity index (χ4v) is 1.43. The van der Waals surface area contributed by atoms with Gasteiger partial charge in [-0.25, -0.2) is 15.6 Å². The van der Waals surface area contributed by atoms with Crippen LogP contribution in [0.25, 0.3) is 0 Å². The van der Waals surface area contributed by atoms with Crippen molar-refractivity contribution < 1.29 is 9.53 Å². The molecular formula is C14H22N4O2. The Morgan fingerprint density at radius 1 is 1.25 bits per heavy atom. The number of amidine groups is 1. The highest BCUT2D eigenvalue weighted by molar-refractivity contribution is 5.98. The highest BCUT2D eigenvalue weighted by Gasteiger charge is 2.16. The highest BCUT2D eigenvalue weighted by Crippen LogP contribution is 2.07. The van der Waals surface area contributed by atoms with Crippen molar-refractivity contribution in [3.63, 3.8) is 0 Å². The molecule has 0 saturated heterocycles. The molecule has 6 nitrogen and oxygen atoms in total. The number of benzene rings is 1. The molecule has 1 aromatic carbocycles. The summed E-state index contributed by atoms with van der Waals surface area (Å²) in [6.07, 6.45) is -0.588. The lowest BCUT2D eigenvalue weighted by molar-refractivity contribution is 0.0528. The lowest BCUT2D eigenvalue weighted by Crippen LogP contribution is -2.39. The first-order chi connectivity index (χ1) is 9.33. The van der Waals surface area contributed by atoms with Crippen molar-refractivity contribution in [1.82, 2.24) is 15.9 Å². The minimum absolute atomic E-state index is 0.554. The van der Waals surface area contributed by atoms with Crippen LogP contribution >= 0.6 is 0 Å². The van der Waals surface area contributed by atoms with Crippen LogP contribution in [0.15, 0.2) is 35.4 Å². The molecule has 2 N–H and O–H groups in total. The number of nitrogens with one attached hydrogen (secondary N) is 2. The van der Waals surface area contributed by atoms with Crippen molar-refractivity contribution in [2.24, 2.45) is 5.10 Å². The average molecular weight is 278 g/mol. The van der Waals surface area contributed by atoms with E-state index in [1.165, 1.54) is 0 Å². The predicted octanol–water partition coefficient (Wildman–Crippen LogP) is 1.94. The SMILES string of the molecule is CNN(C)/C(=N\NC(=O)OC(C)(C)C)c1ccccc1. The number of amides is 1. The van der Waals surface area contributed by atoms with Crippen LogP contribution < -0.4 is 10.9 Å². The smallest absolute Gasteiger partial charge is 0.428 e. The fraction of sp³-hybridized carbons (Fsp3) is 0.429. The summed E-state index contributed by atoms with van der Waals surface area (Å²) in [5, 5.41) is 5.81. The van der Waals surface area contributed by atoms with E-state index in [1.54, 1.807) is 32.8 Å². The summed E-state index contributed by atoms with van der Waals surface area (Å²) in [7, 11) is 3.58. The normalized spacial score (nSPS) is 11.9. The van der Waals surface area contributed by atoms with Crippen molar-refractivity contribution in [1.29, 1.82) is 0 Å². The number of hydrazone groups is 1. The van der Waals surface area contributed by atoms with Crippen molar-refractivity contribution >= 4 is 11.9 Å². The van der Waals surface area contributed by atoms with Gasteiger partial charge in [0.05, 0.1) is 0 Å². The summed E-state index contributed by atoms with van der Waals surface area (Å²) in [6, 6.07) is 9.54. The summed E-state index contributed by atoms with van der Waals surface area (Å²) in [4.78, 5) is 11.6. The molecule has 0 fully saturated rings. The van der Waals surface area contributed by atoms with E-state index in [4.69, 9.17) is 4.74 Å². The molecule has 0 saturated carbocycles. The van der Waals surface area contributed by atoms with E-state index in [0.717, 1.165) is 5.56 Å². The highest BCUT2D eigenvalue weighted by atomic mass is 16.6. The monoisotopic (exact) mass is 278 g/mol. The third-order valence-corrected chi connectivity index (χ3v) is 2.34. The first-order valence-electron chi connectivity index (χ1n) is 6.36. The molecule has 0 bridgehead atoms. The number of rotatable bonds is 3. The van der Waals surface area contributed by atoms with Gasteiger partial charge in [-0.3, -0.25) is 5.01 Å². The Kier molecular flexibility index (Phi) is 5.52. The van der Waals surface area contributed by atoms with Gasteiger partial charge in [0.25, 0.3) is 0 Å². The van der Waals surface area contributed by atoms with Crippen LogP contribution in [0.4, 0.5) is 4.79 Å². The molecule has 6 heteroatoms. The zero-order valence-electron chi connectivity index (χ0n) is 12.6. The van der Waals surface area contributed by atoms with Crippen LogP contribution in [0, 0.1) is 0 Å². The van der Waals surface area contributed by atoms with Crippen molar-refractivity contribution in [3.8, 4) is 0 Å². The maximum Gasteiger partial charge on any atom is 0.428 e. The van der Waals surface area contributed by atoms with Crippen molar-refractivity contribution in [2.75, 3.05) is 14.1 Å². The number of carbonyl (C=O) groups excluding carboxylic acids is 1. The molecule has 0 spiro atoms. The molecule has 0 aliphatic heterocycles. The molecule has 1 aromatic rings. The molecule has 0 radical (unpaired) electrons. The molecule has 20 heavy (non-hydrogen) atoms. The number of carbonyl (C=O) groups is 1. The van der Waals surface area contributed by atoms with Crippen molar-refractivity contribution in [2.45, 2.75) is 26.4 Å². The molecule has 0 heterocycles. The number of ether oxygens (including phenoxy) is 1. The second kappa shape index (κ2) is 6.91.